The van der Waals surface area contributed by atoms with Gasteiger partial charge in [0.1, 0.15) is 5.60 Å². The van der Waals surface area contributed by atoms with Crippen LogP contribution in [0.5, 0.6) is 0 Å². The molecule has 0 bridgehead atoms. The van der Waals surface area contributed by atoms with E-state index in [0.717, 1.165) is 12.8 Å². The minimum atomic E-state index is -0.606. The molecule has 1 N–H and O–H groups in total. The number of rotatable bonds is 4. The molecule has 2 atom stereocenters. The standard InChI is InChI=1S/C12H20O/c1-3-4-5-6-7-8-9-12(13)10-11(12)2/h11,13H,3-7,10H2,1-2H3/t11-,12-/m1/s1. The Hall–Kier alpha value is -0.480. The van der Waals surface area contributed by atoms with Crippen molar-refractivity contribution in [2.75, 3.05) is 0 Å². The minimum Gasteiger partial charge on any atom is -0.377 e. The second kappa shape index (κ2) is 4.67. The van der Waals surface area contributed by atoms with E-state index in [4.69, 9.17) is 0 Å². The van der Waals surface area contributed by atoms with Crippen LogP contribution in [0.2, 0.25) is 0 Å². The SMILES string of the molecule is CCCCCCC#C[C@@]1(O)C[C@H]1C. The summed E-state index contributed by atoms with van der Waals surface area (Å²) < 4.78 is 0. The molecule has 0 aromatic heterocycles. The third-order valence-electron chi connectivity index (χ3n) is 2.73. The molecule has 0 aliphatic heterocycles. The molecule has 1 rings (SSSR count). The van der Waals surface area contributed by atoms with Gasteiger partial charge < -0.3 is 5.11 Å². The second-order valence-corrected chi connectivity index (χ2v) is 4.14. The van der Waals surface area contributed by atoms with Crippen molar-refractivity contribution in [3.8, 4) is 11.8 Å². The molecule has 13 heavy (non-hydrogen) atoms. The minimum absolute atomic E-state index is 0.399. The van der Waals surface area contributed by atoms with E-state index in [9.17, 15) is 5.11 Å². The van der Waals surface area contributed by atoms with E-state index >= 15 is 0 Å². The summed E-state index contributed by atoms with van der Waals surface area (Å²) in [6.45, 7) is 4.26. The molecule has 1 nitrogen and oxygen atoms in total. The van der Waals surface area contributed by atoms with Crippen LogP contribution in [-0.4, -0.2) is 10.7 Å². The Labute approximate surface area is 81.5 Å². The van der Waals surface area contributed by atoms with E-state index in [2.05, 4.69) is 18.8 Å². The number of unbranched alkanes of at least 4 members (excludes halogenated alkanes) is 4. The van der Waals surface area contributed by atoms with Crippen molar-refractivity contribution in [3.05, 3.63) is 0 Å². The van der Waals surface area contributed by atoms with Crippen LogP contribution in [0, 0.1) is 17.8 Å². The molecule has 1 aliphatic carbocycles. The van der Waals surface area contributed by atoms with Gasteiger partial charge in [-0.05, 0) is 18.8 Å². The van der Waals surface area contributed by atoms with Crippen LogP contribution >= 0.6 is 0 Å². The maximum atomic E-state index is 9.63. The first kappa shape index (κ1) is 10.6. The molecule has 0 spiro atoms. The van der Waals surface area contributed by atoms with Gasteiger partial charge in [-0.1, -0.05) is 39.0 Å². The molecule has 1 fully saturated rings. The number of hydrogen-bond acceptors (Lipinski definition) is 1. The highest BCUT2D eigenvalue weighted by molar-refractivity contribution is 5.24. The smallest absolute Gasteiger partial charge is 0.128 e. The summed E-state index contributed by atoms with van der Waals surface area (Å²) in [6, 6.07) is 0. The fourth-order valence-electron chi connectivity index (χ4n) is 1.44. The van der Waals surface area contributed by atoms with E-state index in [1.165, 1.54) is 25.7 Å². The number of hydrogen-bond donors (Lipinski definition) is 1. The average molecular weight is 180 g/mol. The molecule has 0 radical (unpaired) electrons. The molecule has 74 valence electrons. The zero-order valence-electron chi connectivity index (χ0n) is 8.77. The van der Waals surface area contributed by atoms with Gasteiger partial charge in [-0.3, -0.25) is 0 Å². The van der Waals surface area contributed by atoms with Crippen molar-refractivity contribution in [2.45, 2.75) is 58.0 Å². The van der Waals surface area contributed by atoms with Crippen molar-refractivity contribution in [2.24, 2.45) is 5.92 Å². The summed E-state index contributed by atoms with van der Waals surface area (Å²) in [5.41, 5.74) is -0.606. The Morgan fingerprint density at radius 1 is 1.38 bits per heavy atom. The van der Waals surface area contributed by atoms with Gasteiger partial charge >= 0.3 is 0 Å². The predicted octanol–water partition coefficient (Wildman–Crippen LogP) is 2.73. The zero-order chi connectivity index (χ0) is 9.73. The second-order valence-electron chi connectivity index (χ2n) is 4.14. The highest BCUT2D eigenvalue weighted by Gasteiger charge is 2.48. The lowest BCUT2D eigenvalue weighted by atomic mass is 10.1. The zero-order valence-corrected chi connectivity index (χ0v) is 8.77. The van der Waals surface area contributed by atoms with Crippen LogP contribution in [0.1, 0.15) is 52.4 Å². The molecule has 0 unspecified atom stereocenters. The van der Waals surface area contributed by atoms with Crippen molar-refractivity contribution in [1.82, 2.24) is 0 Å². The van der Waals surface area contributed by atoms with Crippen LogP contribution in [-0.2, 0) is 0 Å². The summed E-state index contributed by atoms with van der Waals surface area (Å²) in [5, 5.41) is 9.63. The Kier molecular flexibility index (Phi) is 3.81. The molecule has 0 aromatic carbocycles. The van der Waals surface area contributed by atoms with E-state index in [-0.39, 0.29) is 0 Å². The first-order chi connectivity index (χ1) is 6.19. The lowest BCUT2D eigenvalue weighted by molar-refractivity contribution is 0.196. The highest BCUT2D eigenvalue weighted by Crippen LogP contribution is 2.41. The molecule has 1 heteroatoms. The van der Waals surface area contributed by atoms with Crippen molar-refractivity contribution < 1.29 is 5.11 Å². The Morgan fingerprint density at radius 3 is 2.62 bits per heavy atom. The third-order valence-corrected chi connectivity index (χ3v) is 2.73. The van der Waals surface area contributed by atoms with Crippen molar-refractivity contribution in [1.29, 1.82) is 0 Å². The quantitative estimate of drug-likeness (QED) is 0.521. The highest BCUT2D eigenvalue weighted by atomic mass is 16.3. The fourth-order valence-corrected chi connectivity index (χ4v) is 1.44. The van der Waals surface area contributed by atoms with E-state index in [1.807, 2.05) is 6.92 Å². The normalized spacial score (nSPS) is 30.8. The molecule has 1 saturated carbocycles. The van der Waals surface area contributed by atoms with Gasteiger partial charge in [0.25, 0.3) is 0 Å². The van der Waals surface area contributed by atoms with Crippen molar-refractivity contribution >= 4 is 0 Å². The number of aliphatic hydroxyl groups is 1. The Morgan fingerprint density at radius 2 is 2.08 bits per heavy atom. The first-order valence-corrected chi connectivity index (χ1v) is 5.41. The first-order valence-electron chi connectivity index (χ1n) is 5.41. The van der Waals surface area contributed by atoms with E-state index in [0.29, 0.717) is 5.92 Å². The predicted molar refractivity (Wildman–Crippen MR) is 55.3 cm³/mol. The summed E-state index contributed by atoms with van der Waals surface area (Å²) in [6.07, 6.45) is 6.87. The van der Waals surface area contributed by atoms with E-state index in [1.54, 1.807) is 0 Å². The molecule has 0 aromatic rings. The van der Waals surface area contributed by atoms with Crippen LogP contribution in [0.3, 0.4) is 0 Å². The fraction of sp³-hybridized carbons (Fsp3) is 0.833. The molecule has 0 heterocycles. The van der Waals surface area contributed by atoms with Gasteiger partial charge in [-0.2, -0.15) is 0 Å². The van der Waals surface area contributed by atoms with Gasteiger partial charge in [0.2, 0.25) is 0 Å². The Bertz CT molecular complexity index is 211. The van der Waals surface area contributed by atoms with Gasteiger partial charge in [-0.15, -0.1) is 5.92 Å². The summed E-state index contributed by atoms with van der Waals surface area (Å²) >= 11 is 0. The van der Waals surface area contributed by atoms with Crippen LogP contribution < -0.4 is 0 Å². The molecular weight excluding hydrogens is 160 g/mol. The summed E-state index contributed by atoms with van der Waals surface area (Å²) in [5.74, 6) is 6.44. The lowest BCUT2D eigenvalue weighted by Gasteiger charge is -1.96. The third kappa shape index (κ3) is 3.40. The van der Waals surface area contributed by atoms with E-state index < -0.39 is 5.60 Å². The monoisotopic (exact) mass is 180 g/mol. The van der Waals surface area contributed by atoms with Crippen LogP contribution in [0.4, 0.5) is 0 Å². The van der Waals surface area contributed by atoms with Gasteiger partial charge in [0.15, 0.2) is 0 Å². The largest absolute Gasteiger partial charge is 0.377 e. The Balaban J connectivity index is 2.05. The van der Waals surface area contributed by atoms with Gasteiger partial charge in [-0.25, -0.2) is 0 Å². The van der Waals surface area contributed by atoms with Crippen LogP contribution in [0.15, 0.2) is 0 Å². The molecular formula is C12H20O. The topological polar surface area (TPSA) is 20.2 Å². The van der Waals surface area contributed by atoms with Gasteiger partial charge in [0, 0.05) is 6.42 Å². The maximum Gasteiger partial charge on any atom is 0.128 e. The summed E-state index contributed by atoms with van der Waals surface area (Å²) in [4.78, 5) is 0. The maximum absolute atomic E-state index is 9.63. The van der Waals surface area contributed by atoms with Gasteiger partial charge in [0.05, 0.1) is 0 Å². The van der Waals surface area contributed by atoms with Crippen LogP contribution in [0.25, 0.3) is 0 Å². The molecule has 1 aliphatic rings. The average Bonchev–Trinajstić information content (AvgIpc) is 2.68. The lowest BCUT2D eigenvalue weighted by Crippen LogP contribution is -2.04. The molecule has 0 amide bonds. The molecule has 0 saturated heterocycles. The van der Waals surface area contributed by atoms with Crippen molar-refractivity contribution in [3.63, 3.8) is 0 Å². The summed E-state index contributed by atoms with van der Waals surface area (Å²) in [7, 11) is 0.